The number of phenols is 1. The average Bonchev–Trinajstić information content (AvgIpc) is 3.15. The number of ether oxygens (including phenoxy) is 2. The number of carbonyl (C=O) groups excluding carboxylic acids is 1. The zero-order valence-corrected chi connectivity index (χ0v) is 9.76. The SMILES string of the molecule is COC(=O)C(COc1ccccc1O)C1CC1. The van der Waals surface area contributed by atoms with Crippen molar-refractivity contribution in [1.82, 2.24) is 0 Å². The largest absolute Gasteiger partial charge is 0.504 e. The van der Waals surface area contributed by atoms with Crippen LogP contribution in [-0.4, -0.2) is 24.8 Å². The fraction of sp³-hybridized carbons (Fsp3) is 0.462. The average molecular weight is 236 g/mol. The van der Waals surface area contributed by atoms with Crippen molar-refractivity contribution in [2.75, 3.05) is 13.7 Å². The predicted octanol–water partition coefficient (Wildman–Crippen LogP) is 1.97. The van der Waals surface area contributed by atoms with Crippen LogP contribution in [0.1, 0.15) is 12.8 Å². The van der Waals surface area contributed by atoms with E-state index in [1.165, 1.54) is 7.11 Å². The van der Waals surface area contributed by atoms with Gasteiger partial charge in [0, 0.05) is 0 Å². The Labute approximate surface area is 100 Å². The van der Waals surface area contributed by atoms with E-state index in [0.717, 1.165) is 12.8 Å². The van der Waals surface area contributed by atoms with Gasteiger partial charge in [-0.3, -0.25) is 4.79 Å². The zero-order chi connectivity index (χ0) is 12.3. The van der Waals surface area contributed by atoms with E-state index in [2.05, 4.69) is 0 Å². The van der Waals surface area contributed by atoms with Crippen molar-refractivity contribution in [3.63, 3.8) is 0 Å². The molecule has 0 aromatic heterocycles. The lowest BCUT2D eigenvalue weighted by Crippen LogP contribution is -2.25. The summed E-state index contributed by atoms with van der Waals surface area (Å²) in [4.78, 5) is 11.5. The van der Waals surface area contributed by atoms with Gasteiger partial charge in [-0.1, -0.05) is 12.1 Å². The molecule has 92 valence electrons. The standard InChI is InChI=1S/C13H16O4/c1-16-13(15)10(9-6-7-9)8-17-12-5-3-2-4-11(12)14/h2-5,9-10,14H,6-8H2,1H3. The number of methoxy groups -OCH3 is 1. The van der Waals surface area contributed by atoms with Crippen LogP contribution in [0.2, 0.25) is 0 Å². The van der Waals surface area contributed by atoms with Gasteiger partial charge in [0.15, 0.2) is 11.5 Å². The van der Waals surface area contributed by atoms with Gasteiger partial charge in [0.1, 0.15) is 6.61 Å². The van der Waals surface area contributed by atoms with Crippen molar-refractivity contribution < 1.29 is 19.4 Å². The number of hydrogen-bond acceptors (Lipinski definition) is 4. The van der Waals surface area contributed by atoms with E-state index < -0.39 is 0 Å². The number of hydrogen-bond donors (Lipinski definition) is 1. The van der Waals surface area contributed by atoms with E-state index in [1.54, 1.807) is 24.3 Å². The molecular weight excluding hydrogens is 220 g/mol. The monoisotopic (exact) mass is 236 g/mol. The second-order valence-electron chi connectivity index (χ2n) is 4.25. The molecule has 17 heavy (non-hydrogen) atoms. The summed E-state index contributed by atoms with van der Waals surface area (Å²) in [7, 11) is 1.39. The molecule has 0 spiro atoms. The smallest absolute Gasteiger partial charge is 0.312 e. The van der Waals surface area contributed by atoms with Crippen LogP contribution in [-0.2, 0) is 9.53 Å². The fourth-order valence-electron chi connectivity index (χ4n) is 1.81. The van der Waals surface area contributed by atoms with Crippen molar-refractivity contribution >= 4 is 5.97 Å². The highest BCUT2D eigenvalue weighted by Crippen LogP contribution is 2.38. The third-order valence-corrected chi connectivity index (χ3v) is 2.98. The van der Waals surface area contributed by atoms with Crippen LogP contribution in [0.15, 0.2) is 24.3 Å². The summed E-state index contributed by atoms with van der Waals surface area (Å²) in [5.41, 5.74) is 0. The van der Waals surface area contributed by atoms with Crippen LogP contribution >= 0.6 is 0 Å². The Hall–Kier alpha value is -1.71. The number of rotatable bonds is 5. The lowest BCUT2D eigenvalue weighted by Gasteiger charge is -2.15. The lowest BCUT2D eigenvalue weighted by molar-refractivity contribution is -0.147. The van der Waals surface area contributed by atoms with Crippen LogP contribution in [0.4, 0.5) is 0 Å². The molecule has 0 heterocycles. The number of phenolic OH excluding ortho intramolecular Hbond substituents is 1. The van der Waals surface area contributed by atoms with Gasteiger partial charge in [-0.05, 0) is 30.9 Å². The molecule has 1 atom stereocenters. The first-order valence-corrected chi connectivity index (χ1v) is 5.71. The van der Waals surface area contributed by atoms with Gasteiger partial charge >= 0.3 is 5.97 Å². The molecule has 4 heteroatoms. The third kappa shape index (κ3) is 2.90. The molecule has 1 aromatic carbocycles. The molecule has 1 saturated carbocycles. The Bertz CT molecular complexity index is 398. The first-order chi connectivity index (χ1) is 8.22. The van der Waals surface area contributed by atoms with Gasteiger partial charge in [-0.25, -0.2) is 0 Å². The van der Waals surface area contributed by atoms with E-state index in [9.17, 15) is 9.90 Å². The molecule has 1 unspecified atom stereocenters. The number of para-hydroxylation sites is 2. The van der Waals surface area contributed by atoms with E-state index in [-0.39, 0.29) is 24.2 Å². The molecule has 1 aliphatic rings. The minimum Gasteiger partial charge on any atom is -0.504 e. The molecule has 1 aliphatic carbocycles. The van der Waals surface area contributed by atoms with Crippen molar-refractivity contribution in [2.24, 2.45) is 11.8 Å². The maximum absolute atomic E-state index is 11.5. The fourth-order valence-corrected chi connectivity index (χ4v) is 1.81. The summed E-state index contributed by atoms with van der Waals surface area (Å²) in [6, 6.07) is 6.73. The normalized spacial score (nSPS) is 16.3. The molecule has 0 bridgehead atoms. The summed E-state index contributed by atoms with van der Waals surface area (Å²) in [6.45, 7) is 0.259. The summed E-state index contributed by atoms with van der Waals surface area (Å²) < 4.78 is 10.2. The quantitative estimate of drug-likeness (QED) is 0.794. The lowest BCUT2D eigenvalue weighted by atomic mass is 10.1. The van der Waals surface area contributed by atoms with Gasteiger partial charge in [0.05, 0.1) is 13.0 Å². The highest BCUT2D eigenvalue weighted by atomic mass is 16.5. The van der Waals surface area contributed by atoms with E-state index in [0.29, 0.717) is 11.7 Å². The third-order valence-electron chi connectivity index (χ3n) is 2.98. The zero-order valence-electron chi connectivity index (χ0n) is 9.76. The Morgan fingerprint density at radius 3 is 2.76 bits per heavy atom. The second-order valence-corrected chi connectivity index (χ2v) is 4.25. The Kier molecular flexibility index (Phi) is 3.52. The maximum Gasteiger partial charge on any atom is 0.312 e. The van der Waals surface area contributed by atoms with Gasteiger partial charge in [-0.2, -0.15) is 0 Å². The van der Waals surface area contributed by atoms with Crippen LogP contribution in [0, 0.1) is 11.8 Å². The van der Waals surface area contributed by atoms with Gasteiger partial charge in [0.2, 0.25) is 0 Å². The molecule has 0 amide bonds. The topological polar surface area (TPSA) is 55.8 Å². The van der Waals surface area contributed by atoms with Crippen molar-refractivity contribution in [2.45, 2.75) is 12.8 Å². The van der Waals surface area contributed by atoms with Crippen LogP contribution in [0.5, 0.6) is 11.5 Å². The molecule has 1 aromatic rings. The molecule has 1 N–H and O–H groups in total. The van der Waals surface area contributed by atoms with Crippen LogP contribution in [0.3, 0.4) is 0 Å². The van der Waals surface area contributed by atoms with Crippen LogP contribution < -0.4 is 4.74 Å². The second kappa shape index (κ2) is 5.08. The predicted molar refractivity (Wildman–Crippen MR) is 61.8 cm³/mol. The number of esters is 1. The minimum absolute atomic E-state index is 0.0897. The highest BCUT2D eigenvalue weighted by molar-refractivity contribution is 5.73. The van der Waals surface area contributed by atoms with Gasteiger partial charge < -0.3 is 14.6 Å². The Balaban J connectivity index is 1.95. The van der Waals surface area contributed by atoms with Crippen molar-refractivity contribution in [1.29, 1.82) is 0 Å². The first kappa shape index (κ1) is 11.8. The number of aromatic hydroxyl groups is 1. The Morgan fingerprint density at radius 1 is 1.47 bits per heavy atom. The molecule has 1 fully saturated rings. The minimum atomic E-state index is -0.233. The summed E-state index contributed by atoms with van der Waals surface area (Å²) in [6.07, 6.45) is 2.09. The van der Waals surface area contributed by atoms with Gasteiger partial charge in [-0.15, -0.1) is 0 Å². The molecule has 0 saturated heterocycles. The molecule has 0 radical (unpaired) electrons. The summed E-state index contributed by atoms with van der Waals surface area (Å²) >= 11 is 0. The van der Waals surface area contributed by atoms with E-state index in [4.69, 9.17) is 9.47 Å². The Morgan fingerprint density at radius 2 is 2.18 bits per heavy atom. The molecule has 0 aliphatic heterocycles. The molecular formula is C13H16O4. The van der Waals surface area contributed by atoms with E-state index in [1.807, 2.05) is 0 Å². The van der Waals surface area contributed by atoms with Crippen molar-refractivity contribution in [3.8, 4) is 11.5 Å². The summed E-state index contributed by atoms with van der Waals surface area (Å²) in [5.74, 6) is 0.407. The van der Waals surface area contributed by atoms with Crippen molar-refractivity contribution in [3.05, 3.63) is 24.3 Å². The first-order valence-electron chi connectivity index (χ1n) is 5.71. The summed E-state index contributed by atoms with van der Waals surface area (Å²) in [5, 5.41) is 9.53. The van der Waals surface area contributed by atoms with Crippen LogP contribution in [0.25, 0.3) is 0 Å². The molecule has 4 nitrogen and oxygen atoms in total. The number of carbonyl (C=O) groups is 1. The van der Waals surface area contributed by atoms with Gasteiger partial charge in [0.25, 0.3) is 0 Å². The maximum atomic E-state index is 11.5. The number of benzene rings is 1. The molecule has 2 rings (SSSR count). The van der Waals surface area contributed by atoms with E-state index >= 15 is 0 Å². The highest BCUT2D eigenvalue weighted by Gasteiger charge is 2.37.